The van der Waals surface area contributed by atoms with E-state index in [2.05, 4.69) is 15.3 Å². The highest BCUT2D eigenvalue weighted by molar-refractivity contribution is 5.86. The van der Waals surface area contributed by atoms with Crippen LogP contribution in [0, 0.1) is 11.8 Å². The topological polar surface area (TPSA) is 78.4 Å². The molecule has 2 aromatic heterocycles. The molecule has 1 aromatic carbocycles. The summed E-state index contributed by atoms with van der Waals surface area (Å²) in [5.74, 6) is -0.792. The molecule has 7 nitrogen and oxygen atoms in total. The monoisotopic (exact) mass is 573 g/mol. The van der Waals surface area contributed by atoms with Gasteiger partial charge in [-0.25, -0.2) is 0 Å². The van der Waals surface area contributed by atoms with E-state index in [0.29, 0.717) is 24.6 Å². The Morgan fingerprint density at radius 2 is 1.75 bits per heavy atom. The lowest BCUT2D eigenvalue weighted by atomic mass is 10.0. The van der Waals surface area contributed by atoms with Gasteiger partial charge in [-0.2, -0.15) is 13.2 Å². The second kappa shape index (κ2) is 10.9. The Balaban J connectivity index is 0.00000323. The van der Waals surface area contributed by atoms with Gasteiger partial charge in [-0.1, -0.05) is 12.1 Å². The van der Waals surface area contributed by atoms with Crippen molar-refractivity contribution in [1.29, 1.82) is 0 Å². The molecule has 40 heavy (non-hydrogen) atoms. The number of nitrogens with one attached hydrogen (secondary N) is 1. The smallest absolute Gasteiger partial charge is 0.354 e. The molecular formula is C29H31ClF3N5O2. The Hall–Kier alpha value is -3.40. The van der Waals surface area contributed by atoms with Crippen molar-refractivity contribution in [2.24, 2.45) is 11.8 Å². The van der Waals surface area contributed by atoms with Crippen LogP contribution < -0.4 is 5.32 Å². The van der Waals surface area contributed by atoms with Crippen LogP contribution in [0.1, 0.15) is 55.2 Å². The van der Waals surface area contributed by atoms with Gasteiger partial charge in [-0.05, 0) is 67.9 Å². The second-order valence-corrected chi connectivity index (χ2v) is 10.9. The number of likely N-dealkylation sites (tertiary alicyclic amines) is 1. The minimum Gasteiger partial charge on any atom is -0.354 e. The summed E-state index contributed by atoms with van der Waals surface area (Å²) in [6.07, 6.45) is 3.03. The highest BCUT2D eigenvalue weighted by Gasteiger charge is 2.47. The summed E-state index contributed by atoms with van der Waals surface area (Å²) >= 11 is 0. The van der Waals surface area contributed by atoms with Crippen LogP contribution in [0.4, 0.5) is 24.5 Å². The molecule has 3 heterocycles. The van der Waals surface area contributed by atoms with Crippen molar-refractivity contribution < 1.29 is 22.8 Å². The minimum atomic E-state index is -4.66. The zero-order chi connectivity index (χ0) is 27.3. The summed E-state index contributed by atoms with van der Waals surface area (Å²) in [5.41, 5.74) is 4.12. The van der Waals surface area contributed by atoms with Crippen LogP contribution >= 0.6 is 12.4 Å². The van der Waals surface area contributed by atoms with Gasteiger partial charge in [0, 0.05) is 43.5 Å². The van der Waals surface area contributed by atoms with Gasteiger partial charge in [0.25, 0.3) is 0 Å². The van der Waals surface area contributed by atoms with Gasteiger partial charge in [0.05, 0.1) is 28.8 Å². The number of nitrogens with zero attached hydrogens (tertiary/aromatic N) is 4. The van der Waals surface area contributed by atoms with Crippen molar-refractivity contribution in [3.63, 3.8) is 0 Å². The number of halogens is 4. The molecule has 2 aliphatic carbocycles. The fourth-order valence-electron chi connectivity index (χ4n) is 5.63. The van der Waals surface area contributed by atoms with Crippen molar-refractivity contribution in [2.45, 2.75) is 50.2 Å². The van der Waals surface area contributed by atoms with Crippen molar-refractivity contribution >= 4 is 46.6 Å². The highest BCUT2D eigenvalue weighted by Crippen LogP contribution is 2.46. The van der Waals surface area contributed by atoms with Gasteiger partial charge in [0.1, 0.15) is 0 Å². The van der Waals surface area contributed by atoms with Gasteiger partial charge in [-0.15, -0.1) is 12.4 Å². The van der Waals surface area contributed by atoms with Crippen LogP contribution in [0.25, 0.3) is 11.0 Å². The number of carbonyl (C=O) groups excluding carboxylic acids is 2. The number of hydrogen-bond acceptors (Lipinski definition) is 5. The molecule has 3 aliphatic rings. The number of pyridine rings is 2. The summed E-state index contributed by atoms with van der Waals surface area (Å²) in [6, 6.07) is 7.68. The van der Waals surface area contributed by atoms with E-state index in [4.69, 9.17) is 0 Å². The molecule has 3 fully saturated rings. The first-order chi connectivity index (χ1) is 18.7. The molecule has 0 spiro atoms. The third kappa shape index (κ3) is 5.59. The Morgan fingerprint density at radius 3 is 2.40 bits per heavy atom. The fourth-order valence-corrected chi connectivity index (χ4v) is 5.63. The van der Waals surface area contributed by atoms with Crippen LogP contribution in [-0.2, 0) is 9.59 Å². The first-order valence-corrected chi connectivity index (χ1v) is 13.4. The van der Waals surface area contributed by atoms with Crippen molar-refractivity contribution in [3.8, 4) is 0 Å². The SMILES string of the molecule is CN(C(=O)C1CCN(C(=O)C2CC2)C1)[C@@H](c1ccc(Nc2cnc3cccnc3c2C2CC2)cc1)C(F)(F)F.Cl. The lowest BCUT2D eigenvalue weighted by Crippen LogP contribution is -2.43. The van der Waals surface area contributed by atoms with Crippen molar-refractivity contribution in [2.75, 3.05) is 25.5 Å². The van der Waals surface area contributed by atoms with Gasteiger partial charge in [0.2, 0.25) is 11.8 Å². The van der Waals surface area contributed by atoms with E-state index < -0.39 is 24.0 Å². The summed E-state index contributed by atoms with van der Waals surface area (Å²) in [5, 5.41) is 3.32. The van der Waals surface area contributed by atoms with Crippen LogP contribution in [0.5, 0.6) is 0 Å². The molecule has 0 radical (unpaired) electrons. The van der Waals surface area contributed by atoms with Gasteiger partial charge < -0.3 is 15.1 Å². The second-order valence-electron chi connectivity index (χ2n) is 10.9. The standard InChI is InChI=1S/C29H30F3N5O2.ClH/c1-36(27(38)20-12-14-37(16-20)28(39)19-6-7-19)26(29(30,31)32)18-8-10-21(11-9-18)35-23-15-34-22-3-2-13-33-25(22)24(23)17-4-5-17;/h2-3,8-11,13,15,17,19-20,26,35H,4-7,12,14,16H2,1H3;1H/t20?,26-;/m0./s1. The molecular weight excluding hydrogens is 543 g/mol. The number of alkyl halides is 3. The van der Waals surface area contributed by atoms with Crippen LogP contribution in [0.2, 0.25) is 0 Å². The molecule has 1 saturated heterocycles. The van der Waals surface area contributed by atoms with Crippen molar-refractivity contribution in [3.05, 3.63) is 59.9 Å². The maximum absolute atomic E-state index is 14.3. The van der Waals surface area contributed by atoms with Gasteiger partial charge in [0.15, 0.2) is 6.04 Å². The molecule has 2 amide bonds. The number of hydrogen-bond donors (Lipinski definition) is 1. The summed E-state index contributed by atoms with van der Waals surface area (Å²) in [4.78, 5) is 36.9. The predicted molar refractivity (Wildman–Crippen MR) is 147 cm³/mol. The molecule has 3 aromatic rings. The summed E-state index contributed by atoms with van der Waals surface area (Å²) < 4.78 is 42.8. The molecule has 6 rings (SSSR count). The molecule has 11 heteroatoms. The average Bonchev–Trinajstić information content (AvgIpc) is 3.86. The summed E-state index contributed by atoms with van der Waals surface area (Å²) in [7, 11) is 1.20. The molecule has 2 atom stereocenters. The Bertz CT molecular complexity index is 1410. The molecule has 212 valence electrons. The van der Waals surface area contributed by atoms with E-state index >= 15 is 0 Å². The zero-order valence-electron chi connectivity index (χ0n) is 22.0. The fraction of sp³-hybridized carbons (Fsp3) is 0.448. The van der Waals surface area contributed by atoms with E-state index in [1.807, 2.05) is 12.1 Å². The van der Waals surface area contributed by atoms with Crippen LogP contribution in [0.3, 0.4) is 0 Å². The Kier molecular flexibility index (Phi) is 7.65. The normalized spacial score (nSPS) is 19.7. The van der Waals surface area contributed by atoms with Crippen molar-refractivity contribution in [1.82, 2.24) is 19.8 Å². The molecule has 1 aliphatic heterocycles. The lowest BCUT2D eigenvalue weighted by molar-refractivity contribution is -0.190. The third-order valence-corrected chi connectivity index (χ3v) is 7.98. The average molecular weight is 574 g/mol. The number of carbonyl (C=O) groups is 2. The maximum Gasteiger partial charge on any atom is 0.413 e. The highest BCUT2D eigenvalue weighted by atomic mass is 35.5. The first kappa shape index (κ1) is 28.1. The molecule has 1 N–H and O–H groups in total. The molecule has 2 saturated carbocycles. The van der Waals surface area contributed by atoms with E-state index in [-0.39, 0.29) is 36.3 Å². The number of amides is 2. The van der Waals surface area contributed by atoms with E-state index in [1.165, 1.54) is 19.2 Å². The minimum absolute atomic E-state index is 0. The zero-order valence-corrected chi connectivity index (χ0v) is 22.8. The summed E-state index contributed by atoms with van der Waals surface area (Å²) in [6.45, 7) is 0.600. The largest absolute Gasteiger partial charge is 0.413 e. The predicted octanol–water partition coefficient (Wildman–Crippen LogP) is 5.99. The van der Waals surface area contributed by atoms with Crippen LogP contribution in [0.15, 0.2) is 48.8 Å². The lowest BCUT2D eigenvalue weighted by Gasteiger charge is -2.32. The van der Waals surface area contributed by atoms with E-state index in [9.17, 15) is 22.8 Å². The Morgan fingerprint density at radius 1 is 1.02 bits per heavy atom. The number of rotatable bonds is 7. The third-order valence-electron chi connectivity index (χ3n) is 7.98. The van der Waals surface area contributed by atoms with E-state index in [1.54, 1.807) is 29.4 Å². The van der Waals surface area contributed by atoms with Crippen LogP contribution in [-0.4, -0.2) is 57.9 Å². The van der Waals surface area contributed by atoms with E-state index in [0.717, 1.165) is 52.9 Å². The number of benzene rings is 1. The maximum atomic E-state index is 14.3. The Labute approximate surface area is 236 Å². The number of anilines is 2. The molecule has 0 bridgehead atoms. The first-order valence-electron chi connectivity index (χ1n) is 13.4. The van der Waals surface area contributed by atoms with Gasteiger partial charge >= 0.3 is 6.18 Å². The molecule has 1 unspecified atom stereocenters. The number of fused-ring (bicyclic) bond motifs is 1. The number of aromatic nitrogens is 2. The van der Waals surface area contributed by atoms with Gasteiger partial charge in [-0.3, -0.25) is 19.6 Å². The quantitative estimate of drug-likeness (QED) is 0.375.